The third kappa shape index (κ3) is 3.65. The fourth-order valence-electron chi connectivity index (χ4n) is 8.72. The Hall–Kier alpha value is -6.44. The quantitative estimate of drug-likeness (QED) is 0.170. The number of aromatic nitrogens is 1. The lowest BCUT2D eigenvalue weighted by molar-refractivity contribution is 1.20. The molecule has 11 rings (SSSR count). The topological polar surface area (TPSA) is 4.93 Å². The first-order valence-corrected chi connectivity index (χ1v) is 17.0. The summed E-state index contributed by atoms with van der Waals surface area (Å²) in [5.74, 6) is 0. The molecule has 0 saturated heterocycles. The van der Waals surface area contributed by atoms with Gasteiger partial charge in [0.25, 0.3) is 0 Å². The number of para-hydroxylation sites is 1. The highest BCUT2D eigenvalue weighted by Gasteiger charge is 2.19. The van der Waals surface area contributed by atoms with Crippen molar-refractivity contribution < 1.29 is 0 Å². The van der Waals surface area contributed by atoms with E-state index in [1.807, 2.05) is 0 Å². The van der Waals surface area contributed by atoms with E-state index in [0.717, 1.165) is 0 Å². The van der Waals surface area contributed by atoms with Gasteiger partial charge in [0.1, 0.15) is 0 Å². The van der Waals surface area contributed by atoms with Crippen molar-refractivity contribution in [1.82, 2.24) is 4.57 Å². The molecule has 0 bridgehead atoms. The SMILES string of the molecule is c1ccc2c(c1)c1ccccc1c1c(-c3ccc4c(c3)c3ccccc3n4-c3cccc4c5ccccc5c5ccccc5c34)cccc21. The Morgan fingerprint density at radius 3 is 1.24 bits per heavy atom. The van der Waals surface area contributed by atoms with Crippen LogP contribution in [0.4, 0.5) is 0 Å². The maximum absolute atomic E-state index is 2.49. The molecule has 0 N–H and O–H groups in total. The van der Waals surface area contributed by atoms with Crippen molar-refractivity contribution >= 4 is 86.4 Å². The van der Waals surface area contributed by atoms with Gasteiger partial charge in [-0.3, -0.25) is 0 Å². The molecule has 226 valence electrons. The number of fused-ring (bicyclic) bond motifs is 15. The molecule has 1 aromatic heterocycles. The molecule has 0 spiro atoms. The largest absolute Gasteiger partial charge is 0.309 e. The summed E-state index contributed by atoms with van der Waals surface area (Å²) in [6.07, 6.45) is 0. The average molecular weight is 620 g/mol. The molecular weight excluding hydrogens is 591 g/mol. The van der Waals surface area contributed by atoms with E-state index < -0.39 is 0 Å². The number of hydrogen-bond acceptors (Lipinski definition) is 0. The van der Waals surface area contributed by atoms with Crippen molar-refractivity contribution in [2.24, 2.45) is 0 Å². The molecule has 1 heteroatoms. The molecule has 0 aliphatic rings. The van der Waals surface area contributed by atoms with E-state index in [4.69, 9.17) is 0 Å². The van der Waals surface area contributed by atoms with Gasteiger partial charge in [0.2, 0.25) is 0 Å². The highest BCUT2D eigenvalue weighted by atomic mass is 15.0. The molecule has 1 heterocycles. The van der Waals surface area contributed by atoms with Crippen LogP contribution in [0.3, 0.4) is 0 Å². The molecule has 11 aromatic rings. The fraction of sp³-hybridized carbons (Fsp3) is 0. The van der Waals surface area contributed by atoms with Gasteiger partial charge in [-0.05, 0) is 94.6 Å². The summed E-state index contributed by atoms with van der Waals surface area (Å²) < 4.78 is 2.49. The Morgan fingerprint density at radius 1 is 0.265 bits per heavy atom. The second kappa shape index (κ2) is 10.0. The molecule has 10 aromatic carbocycles. The summed E-state index contributed by atoms with van der Waals surface area (Å²) >= 11 is 0. The molecule has 0 saturated carbocycles. The van der Waals surface area contributed by atoms with Crippen LogP contribution in [0.2, 0.25) is 0 Å². The summed E-state index contributed by atoms with van der Waals surface area (Å²) in [6.45, 7) is 0. The summed E-state index contributed by atoms with van der Waals surface area (Å²) in [7, 11) is 0. The van der Waals surface area contributed by atoms with E-state index in [-0.39, 0.29) is 0 Å². The van der Waals surface area contributed by atoms with Crippen LogP contribution in [-0.4, -0.2) is 4.57 Å². The van der Waals surface area contributed by atoms with Crippen LogP contribution in [-0.2, 0) is 0 Å². The average Bonchev–Trinajstić information content (AvgIpc) is 3.51. The predicted octanol–water partition coefficient (Wildman–Crippen LogP) is 13.4. The van der Waals surface area contributed by atoms with Gasteiger partial charge in [-0.1, -0.05) is 152 Å². The molecule has 0 fully saturated rings. The van der Waals surface area contributed by atoms with E-state index in [1.54, 1.807) is 0 Å². The van der Waals surface area contributed by atoms with E-state index in [1.165, 1.54) is 103 Å². The smallest absolute Gasteiger partial charge is 0.0547 e. The van der Waals surface area contributed by atoms with Gasteiger partial charge in [0.15, 0.2) is 0 Å². The van der Waals surface area contributed by atoms with Crippen LogP contribution in [0.25, 0.3) is 103 Å². The lowest BCUT2D eigenvalue weighted by Gasteiger charge is -2.16. The van der Waals surface area contributed by atoms with E-state index in [2.05, 4.69) is 180 Å². The van der Waals surface area contributed by atoms with Crippen LogP contribution in [0.1, 0.15) is 0 Å². The fourth-order valence-corrected chi connectivity index (χ4v) is 8.72. The van der Waals surface area contributed by atoms with Crippen molar-refractivity contribution in [1.29, 1.82) is 0 Å². The minimum atomic E-state index is 1.21. The molecule has 0 aliphatic carbocycles. The van der Waals surface area contributed by atoms with Crippen molar-refractivity contribution in [2.75, 3.05) is 0 Å². The number of nitrogens with zero attached hydrogens (tertiary/aromatic N) is 1. The van der Waals surface area contributed by atoms with Crippen LogP contribution >= 0.6 is 0 Å². The van der Waals surface area contributed by atoms with E-state index >= 15 is 0 Å². The van der Waals surface area contributed by atoms with Gasteiger partial charge < -0.3 is 4.57 Å². The Morgan fingerprint density at radius 2 is 0.673 bits per heavy atom. The first-order chi connectivity index (χ1) is 24.3. The van der Waals surface area contributed by atoms with Crippen molar-refractivity contribution in [3.63, 3.8) is 0 Å². The Balaban J connectivity index is 1.24. The first kappa shape index (κ1) is 26.6. The molecule has 49 heavy (non-hydrogen) atoms. The minimum absolute atomic E-state index is 1.21. The highest BCUT2D eigenvalue weighted by Crippen LogP contribution is 2.44. The lowest BCUT2D eigenvalue weighted by atomic mass is 9.89. The zero-order valence-electron chi connectivity index (χ0n) is 26.7. The monoisotopic (exact) mass is 619 g/mol. The number of rotatable bonds is 2. The standard InChI is InChI=1S/C48H29N/c1-3-15-35-32(13-1)34-16-5-7-20-39(34)47-31(22-11-23-40(35)47)30-27-28-45-43(29-30)38-19-9-10-25-44(38)49(45)46-26-12-24-42-37-17-4-2-14-33(37)36-18-6-8-21-41(36)48(42)46/h1-29H. The summed E-state index contributed by atoms with van der Waals surface area (Å²) in [5.41, 5.74) is 6.14. The zero-order chi connectivity index (χ0) is 32.1. The zero-order valence-corrected chi connectivity index (χ0v) is 26.7. The lowest BCUT2D eigenvalue weighted by Crippen LogP contribution is -1.96. The second-order valence-electron chi connectivity index (χ2n) is 13.2. The van der Waals surface area contributed by atoms with Gasteiger partial charge in [0, 0.05) is 16.2 Å². The van der Waals surface area contributed by atoms with Crippen LogP contribution in [0.5, 0.6) is 0 Å². The van der Waals surface area contributed by atoms with Gasteiger partial charge >= 0.3 is 0 Å². The van der Waals surface area contributed by atoms with Gasteiger partial charge in [0.05, 0.1) is 16.7 Å². The second-order valence-corrected chi connectivity index (χ2v) is 13.2. The van der Waals surface area contributed by atoms with Crippen molar-refractivity contribution in [2.45, 2.75) is 0 Å². The van der Waals surface area contributed by atoms with Gasteiger partial charge in [-0.25, -0.2) is 0 Å². The minimum Gasteiger partial charge on any atom is -0.309 e. The molecule has 0 atom stereocenters. The van der Waals surface area contributed by atoms with Gasteiger partial charge in [-0.15, -0.1) is 0 Å². The molecule has 0 unspecified atom stereocenters. The van der Waals surface area contributed by atoms with E-state index in [9.17, 15) is 0 Å². The number of benzene rings is 10. The maximum atomic E-state index is 2.49. The maximum Gasteiger partial charge on any atom is 0.0547 e. The Kier molecular flexibility index (Phi) is 5.45. The highest BCUT2D eigenvalue weighted by molar-refractivity contribution is 6.30. The molecule has 1 nitrogen and oxygen atoms in total. The molecular formula is C48H29N. The summed E-state index contributed by atoms with van der Waals surface area (Å²) in [4.78, 5) is 0. The molecule has 0 radical (unpaired) electrons. The van der Waals surface area contributed by atoms with Crippen LogP contribution in [0, 0.1) is 0 Å². The Labute approximate surface area is 282 Å². The predicted molar refractivity (Wildman–Crippen MR) is 211 cm³/mol. The van der Waals surface area contributed by atoms with Gasteiger partial charge in [-0.2, -0.15) is 0 Å². The van der Waals surface area contributed by atoms with Crippen molar-refractivity contribution in [3.05, 3.63) is 176 Å². The van der Waals surface area contributed by atoms with Crippen LogP contribution in [0.15, 0.2) is 176 Å². The normalized spacial score (nSPS) is 12.1. The molecule has 0 amide bonds. The Bertz CT molecular complexity index is 3070. The summed E-state index contributed by atoms with van der Waals surface area (Å²) in [5, 5.41) is 18.0. The molecule has 0 aliphatic heterocycles. The van der Waals surface area contributed by atoms with Crippen molar-refractivity contribution in [3.8, 4) is 16.8 Å². The van der Waals surface area contributed by atoms with Crippen LogP contribution < -0.4 is 0 Å². The first-order valence-electron chi connectivity index (χ1n) is 17.0. The third-order valence-corrected chi connectivity index (χ3v) is 10.7. The number of hydrogen-bond donors (Lipinski definition) is 0. The summed E-state index contributed by atoms with van der Waals surface area (Å²) in [6, 6.07) is 65.0. The third-order valence-electron chi connectivity index (χ3n) is 10.7. The van der Waals surface area contributed by atoms with E-state index in [0.29, 0.717) is 0 Å².